The van der Waals surface area contributed by atoms with Gasteiger partial charge < -0.3 is 24.8 Å². The second-order valence-corrected chi connectivity index (χ2v) is 10.1. The minimum Gasteiger partial charge on any atom is -0.480 e. The monoisotopic (exact) mass is 487 g/mol. The molecule has 1 unspecified atom stereocenters. The smallest absolute Gasteiger partial charge is 0.408 e. The summed E-state index contributed by atoms with van der Waals surface area (Å²) in [6, 6.07) is 3.35. The number of pyridine rings is 1. The zero-order chi connectivity index (χ0) is 24.8. The lowest BCUT2D eigenvalue weighted by molar-refractivity contribution is -0.140. The van der Waals surface area contributed by atoms with Crippen LogP contribution in [0.15, 0.2) is 12.1 Å². The van der Waals surface area contributed by atoms with Crippen molar-refractivity contribution in [3.63, 3.8) is 0 Å². The van der Waals surface area contributed by atoms with Crippen LogP contribution in [0.2, 0.25) is 0 Å². The quantitative estimate of drug-likeness (QED) is 0.521. The maximum Gasteiger partial charge on any atom is 0.408 e. The van der Waals surface area contributed by atoms with E-state index in [0.717, 1.165) is 38.5 Å². The standard InChI is InChI=1S/C26H37N3O6/c1-17(30)29-12-10-21(16-29)35-26(33)28-24(25(31)32)11-13-34-22-14-18(15-22)6-8-20-9-7-19-4-2-3-5-23(19)27-20/h7,9,18,21-22,24H,2-6,8,10-16H2,1H3,(H,28,33)(H,31,32)/t18?,21-,22?,24?/m1/s1. The normalized spacial score (nSPS) is 24.3. The number of amides is 2. The van der Waals surface area contributed by atoms with Gasteiger partial charge >= 0.3 is 12.1 Å². The van der Waals surface area contributed by atoms with Gasteiger partial charge in [-0.15, -0.1) is 0 Å². The number of nitrogens with zero attached hydrogens (tertiary/aromatic N) is 2. The van der Waals surface area contributed by atoms with Gasteiger partial charge in [0.2, 0.25) is 5.91 Å². The summed E-state index contributed by atoms with van der Waals surface area (Å²) in [5, 5.41) is 11.9. The van der Waals surface area contributed by atoms with E-state index in [1.54, 1.807) is 4.90 Å². The Morgan fingerprint density at radius 1 is 1.20 bits per heavy atom. The fourth-order valence-electron chi connectivity index (χ4n) is 5.21. The van der Waals surface area contributed by atoms with E-state index < -0.39 is 24.2 Å². The lowest BCUT2D eigenvalue weighted by atomic mass is 9.79. The lowest BCUT2D eigenvalue weighted by Crippen LogP contribution is -2.43. The minimum atomic E-state index is -1.12. The van der Waals surface area contributed by atoms with Crippen molar-refractivity contribution >= 4 is 18.0 Å². The predicted molar refractivity (Wildman–Crippen MR) is 128 cm³/mol. The number of carboxylic acid groups (broad SMARTS) is 1. The number of rotatable bonds is 10. The van der Waals surface area contributed by atoms with Crippen LogP contribution in [-0.4, -0.2) is 70.9 Å². The Morgan fingerprint density at radius 2 is 2.00 bits per heavy atom. The molecule has 4 rings (SSSR count). The Labute approximate surface area is 206 Å². The van der Waals surface area contributed by atoms with Gasteiger partial charge in [-0.2, -0.15) is 0 Å². The van der Waals surface area contributed by atoms with Crippen LogP contribution in [0.4, 0.5) is 4.79 Å². The molecule has 0 bridgehead atoms. The van der Waals surface area contributed by atoms with E-state index in [0.29, 0.717) is 25.4 Å². The molecule has 2 heterocycles. The van der Waals surface area contributed by atoms with Crippen LogP contribution in [0.1, 0.15) is 68.8 Å². The molecule has 0 spiro atoms. The Hall–Kier alpha value is -2.68. The van der Waals surface area contributed by atoms with Crippen LogP contribution in [0.5, 0.6) is 0 Å². The van der Waals surface area contributed by atoms with Gasteiger partial charge in [-0.05, 0) is 68.9 Å². The van der Waals surface area contributed by atoms with Crippen molar-refractivity contribution < 1.29 is 29.0 Å². The van der Waals surface area contributed by atoms with Crippen molar-refractivity contribution in [3.8, 4) is 0 Å². The Kier molecular flexibility index (Phi) is 8.59. The Bertz CT molecular complexity index is 916. The van der Waals surface area contributed by atoms with Crippen LogP contribution in [-0.2, 0) is 38.3 Å². The molecule has 2 fully saturated rings. The predicted octanol–water partition coefficient (Wildman–Crippen LogP) is 2.88. The molecular weight excluding hydrogens is 450 g/mol. The van der Waals surface area contributed by atoms with Crippen LogP contribution < -0.4 is 5.32 Å². The second-order valence-electron chi connectivity index (χ2n) is 10.1. The number of fused-ring (bicyclic) bond motifs is 1. The summed E-state index contributed by atoms with van der Waals surface area (Å²) < 4.78 is 11.1. The van der Waals surface area contributed by atoms with Gasteiger partial charge in [0.25, 0.3) is 0 Å². The van der Waals surface area contributed by atoms with E-state index >= 15 is 0 Å². The molecule has 2 amide bonds. The fourth-order valence-corrected chi connectivity index (χ4v) is 5.21. The second kappa shape index (κ2) is 11.8. The van der Waals surface area contributed by atoms with Crippen LogP contribution in [0.25, 0.3) is 0 Å². The molecule has 1 saturated carbocycles. The highest BCUT2D eigenvalue weighted by atomic mass is 16.6. The maximum absolute atomic E-state index is 12.1. The number of likely N-dealkylation sites (tertiary alicyclic amines) is 1. The first kappa shape index (κ1) is 25.4. The summed E-state index contributed by atoms with van der Waals surface area (Å²) in [5.41, 5.74) is 3.89. The highest BCUT2D eigenvalue weighted by Crippen LogP contribution is 2.34. The molecule has 0 radical (unpaired) electrons. The third-order valence-electron chi connectivity index (χ3n) is 7.45. The molecule has 35 heavy (non-hydrogen) atoms. The SMILES string of the molecule is CC(=O)N1CC[C@@H](OC(=O)NC(CCOC2CC(CCc3ccc4c(n3)CCCC4)C2)C(=O)O)C1. The third kappa shape index (κ3) is 7.16. The molecule has 9 nitrogen and oxygen atoms in total. The molecular formula is C26H37N3O6. The van der Waals surface area contributed by atoms with Crippen LogP contribution >= 0.6 is 0 Å². The van der Waals surface area contributed by atoms with E-state index in [-0.39, 0.29) is 25.0 Å². The number of hydrogen-bond donors (Lipinski definition) is 2. The molecule has 0 aromatic carbocycles. The topological polar surface area (TPSA) is 118 Å². The first-order valence-corrected chi connectivity index (χ1v) is 12.9. The number of carboxylic acids is 1. The first-order chi connectivity index (χ1) is 16.9. The van der Waals surface area contributed by atoms with E-state index in [9.17, 15) is 19.5 Å². The molecule has 1 aromatic rings. The van der Waals surface area contributed by atoms with Crippen LogP contribution in [0, 0.1) is 5.92 Å². The van der Waals surface area contributed by atoms with Gasteiger partial charge in [0.1, 0.15) is 12.1 Å². The average molecular weight is 488 g/mol. The van der Waals surface area contributed by atoms with Crippen molar-refractivity contribution in [3.05, 3.63) is 29.1 Å². The van der Waals surface area contributed by atoms with E-state index in [1.165, 1.54) is 36.7 Å². The highest BCUT2D eigenvalue weighted by Gasteiger charge is 2.31. The molecule has 3 aliphatic rings. The van der Waals surface area contributed by atoms with Crippen LogP contribution in [0.3, 0.4) is 0 Å². The number of nitrogens with one attached hydrogen (secondary N) is 1. The molecule has 1 saturated heterocycles. The summed E-state index contributed by atoms with van der Waals surface area (Å²) >= 11 is 0. The average Bonchev–Trinajstić information content (AvgIpc) is 3.27. The number of aliphatic carboxylic acids is 1. The molecule has 1 aromatic heterocycles. The number of hydrogen-bond acceptors (Lipinski definition) is 6. The maximum atomic E-state index is 12.1. The van der Waals surface area contributed by atoms with E-state index in [2.05, 4.69) is 17.4 Å². The van der Waals surface area contributed by atoms with E-state index in [1.807, 2.05) is 0 Å². The zero-order valence-corrected chi connectivity index (χ0v) is 20.5. The summed E-state index contributed by atoms with van der Waals surface area (Å²) in [6.07, 6.45) is 8.51. The Balaban J connectivity index is 1.10. The number of ether oxygens (including phenoxy) is 2. The number of carbonyl (C=O) groups excluding carboxylic acids is 2. The largest absolute Gasteiger partial charge is 0.480 e. The van der Waals surface area contributed by atoms with Gasteiger partial charge in [0, 0.05) is 44.3 Å². The highest BCUT2D eigenvalue weighted by molar-refractivity contribution is 5.80. The fraction of sp³-hybridized carbons (Fsp3) is 0.692. The summed E-state index contributed by atoms with van der Waals surface area (Å²) in [4.78, 5) is 41.5. The Morgan fingerprint density at radius 3 is 2.74 bits per heavy atom. The molecule has 9 heteroatoms. The summed E-state index contributed by atoms with van der Waals surface area (Å²) in [5.74, 6) is -0.570. The number of carbonyl (C=O) groups is 3. The molecule has 192 valence electrons. The zero-order valence-electron chi connectivity index (χ0n) is 20.5. The van der Waals surface area contributed by atoms with Crippen molar-refractivity contribution in [1.82, 2.24) is 15.2 Å². The van der Waals surface area contributed by atoms with Crippen molar-refractivity contribution in [1.29, 1.82) is 0 Å². The summed E-state index contributed by atoms with van der Waals surface area (Å²) in [7, 11) is 0. The van der Waals surface area contributed by atoms with Gasteiger partial charge in [-0.25, -0.2) is 9.59 Å². The van der Waals surface area contributed by atoms with Crippen molar-refractivity contribution in [2.24, 2.45) is 5.92 Å². The lowest BCUT2D eigenvalue weighted by Gasteiger charge is -2.35. The number of aromatic nitrogens is 1. The molecule has 1 aliphatic heterocycles. The van der Waals surface area contributed by atoms with Crippen molar-refractivity contribution in [2.75, 3.05) is 19.7 Å². The molecule has 2 atom stereocenters. The molecule has 2 aliphatic carbocycles. The van der Waals surface area contributed by atoms with E-state index in [4.69, 9.17) is 14.5 Å². The minimum absolute atomic E-state index is 0.0643. The van der Waals surface area contributed by atoms with Gasteiger partial charge in [-0.3, -0.25) is 9.78 Å². The van der Waals surface area contributed by atoms with Gasteiger partial charge in [-0.1, -0.05) is 6.07 Å². The van der Waals surface area contributed by atoms with Gasteiger partial charge in [0.05, 0.1) is 12.6 Å². The van der Waals surface area contributed by atoms with Crippen molar-refractivity contribution in [2.45, 2.75) is 89.4 Å². The number of aryl methyl sites for hydroxylation is 3. The third-order valence-corrected chi connectivity index (χ3v) is 7.45. The first-order valence-electron chi connectivity index (χ1n) is 12.9. The van der Waals surface area contributed by atoms with Gasteiger partial charge in [0.15, 0.2) is 0 Å². The summed E-state index contributed by atoms with van der Waals surface area (Å²) in [6.45, 7) is 2.62. The number of alkyl carbamates (subject to hydrolysis) is 1. The molecule has 2 N–H and O–H groups in total.